The molecule has 0 spiro atoms. The lowest BCUT2D eigenvalue weighted by Crippen LogP contribution is -2.24. The molecule has 0 radical (unpaired) electrons. The van der Waals surface area contributed by atoms with Crippen LogP contribution in [0.3, 0.4) is 0 Å². The molecule has 0 fully saturated rings. The molecule has 0 saturated heterocycles. The molecular formula is C15H17NO3S. The molecule has 1 aromatic carbocycles. The van der Waals surface area contributed by atoms with Gasteiger partial charge in [0.2, 0.25) is 0 Å². The summed E-state index contributed by atoms with van der Waals surface area (Å²) in [5.41, 5.74) is 1.01. The van der Waals surface area contributed by atoms with Crippen molar-refractivity contribution in [1.82, 2.24) is 5.32 Å². The number of benzene rings is 1. The normalized spacial score (nSPS) is 10.7. The molecule has 0 atom stereocenters. The lowest BCUT2D eigenvalue weighted by Gasteiger charge is -2.03. The van der Waals surface area contributed by atoms with Crippen molar-refractivity contribution in [2.45, 2.75) is 26.2 Å². The SMILES string of the molecule is Cc1c(C(=O)NCCCCC(=O)O)sc2ccccc12. The zero-order valence-electron chi connectivity index (χ0n) is 11.3. The van der Waals surface area contributed by atoms with Crippen LogP contribution in [-0.4, -0.2) is 23.5 Å². The van der Waals surface area contributed by atoms with Crippen LogP contribution >= 0.6 is 11.3 Å². The fourth-order valence-electron chi connectivity index (χ4n) is 2.07. The number of carbonyl (C=O) groups excluding carboxylic acids is 1. The number of nitrogens with one attached hydrogen (secondary N) is 1. The molecule has 1 amide bonds. The lowest BCUT2D eigenvalue weighted by atomic mass is 10.1. The molecule has 106 valence electrons. The van der Waals surface area contributed by atoms with Crippen molar-refractivity contribution in [2.24, 2.45) is 0 Å². The zero-order chi connectivity index (χ0) is 14.5. The first kappa shape index (κ1) is 14.5. The number of hydrogen-bond acceptors (Lipinski definition) is 3. The van der Waals surface area contributed by atoms with Crippen molar-refractivity contribution >= 4 is 33.3 Å². The van der Waals surface area contributed by atoms with Gasteiger partial charge in [-0.1, -0.05) is 18.2 Å². The second-order valence-electron chi connectivity index (χ2n) is 4.66. The number of fused-ring (bicyclic) bond motifs is 1. The smallest absolute Gasteiger partial charge is 0.303 e. The molecule has 0 aliphatic carbocycles. The van der Waals surface area contributed by atoms with E-state index in [1.165, 1.54) is 11.3 Å². The molecule has 2 N–H and O–H groups in total. The van der Waals surface area contributed by atoms with Gasteiger partial charge in [-0.15, -0.1) is 11.3 Å². The van der Waals surface area contributed by atoms with Gasteiger partial charge in [-0.3, -0.25) is 9.59 Å². The van der Waals surface area contributed by atoms with Crippen LogP contribution in [0.5, 0.6) is 0 Å². The van der Waals surface area contributed by atoms with Crippen LogP contribution in [0.15, 0.2) is 24.3 Å². The molecule has 1 aromatic heterocycles. The van der Waals surface area contributed by atoms with E-state index in [0.29, 0.717) is 19.4 Å². The Kier molecular flexibility index (Phi) is 4.74. The van der Waals surface area contributed by atoms with Gasteiger partial charge in [-0.25, -0.2) is 0 Å². The minimum Gasteiger partial charge on any atom is -0.481 e. The minimum atomic E-state index is -0.795. The molecule has 0 unspecified atom stereocenters. The highest BCUT2D eigenvalue weighted by molar-refractivity contribution is 7.21. The second kappa shape index (κ2) is 6.52. The largest absolute Gasteiger partial charge is 0.481 e. The van der Waals surface area contributed by atoms with Gasteiger partial charge < -0.3 is 10.4 Å². The predicted molar refractivity (Wildman–Crippen MR) is 80.4 cm³/mol. The van der Waals surface area contributed by atoms with Gasteiger partial charge in [-0.05, 0) is 36.8 Å². The maximum atomic E-state index is 12.1. The van der Waals surface area contributed by atoms with Crippen LogP contribution in [0, 0.1) is 6.92 Å². The van der Waals surface area contributed by atoms with Crippen LogP contribution in [-0.2, 0) is 4.79 Å². The minimum absolute atomic E-state index is 0.0703. The van der Waals surface area contributed by atoms with Crippen molar-refractivity contribution in [3.8, 4) is 0 Å². The van der Waals surface area contributed by atoms with E-state index in [4.69, 9.17) is 5.11 Å². The fraction of sp³-hybridized carbons (Fsp3) is 0.333. The Labute approximate surface area is 121 Å². The summed E-state index contributed by atoms with van der Waals surface area (Å²) in [5, 5.41) is 12.5. The molecule has 0 bridgehead atoms. The maximum Gasteiger partial charge on any atom is 0.303 e. The van der Waals surface area contributed by atoms with Crippen molar-refractivity contribution in [2.75, 3.05) is 6.54 Å². The van der Waals surface area contributed by atoms with E-state index in [1.54, 1.807) is 0 Å². The first-order valence-corrected chi connectivity index (χ1v) is 7.39. The zero-order valence-corrected chi connectivity index (χ0v) is 12.1. The van der Waals surface area contributed by atoms with Crippen molar-refractivity contribution < 1.29 is 14.7 Å². The van der Waals surface area contributed by atoms with E-state index < -0.39 is 5.97 Å². The maximum absolute atomic E-state index is 12.1. The summed E-state index contributed by atoms with van der Waals surface area (Å²) in [6, 6.07) is 7.96. The number of rotatable bonds is 6. The number of unbranched alkanes of at least 4 members (excludes halogenated alkanes) is 1. The molecule has 2 rings (SSSR count). The fourth-order valence-corrected chi connectivity index (χ4v) is 3.20. The van der Waals surface area contributed by atoms with Crippen LogP contribution < -0.4 is 5.32 Å². The summed E-state index contributed by atoms with van der Waals surface area (Å²) in [7, 11) is 0. The Morgan fingerprint density at radius 2 is 2.00 bits per heavy atom. The molecule has 0 aliphatic rings. The van der Waals surface area contributed by atoms with Gasteiger partial charge in [0, 0.05) is 17.7 Å². The van der Waals surface area contributed by atoms with E-state index in [2.05, 4.69) is 5.32 Å². The average molecular weight is 291 g/mol. The Morgan fingerprint density at radius 3 is 2.70 bits per heavy atom. The average Bonchev–Trinajstić information content (AvgIpc) is 2.76. The second-order valence-corrected chi connectivity index (χ2v) is 5.71. The van der Waals surface area contributed by atoms with Crippen molar-refractivity contribution in [1.29, 1.82) is 0 Å². The molecule has 1 heterocycles. The Morgan fingerprint density at radius 1 is 1.25 bits per heavy atom. The van der Waals surface area contributed by atoms with Crippen LogP contribution in [0.2, 0.25) is 0 Å². The highest BCUT2D eigenvalue weighted by Gasteiger charge is 2.14. The number of carbonyl (C=O) groups is 2. The lowest BCUT2D eigenvalue weighted by molar-refractivity contribution is -0.137. The molecule has 0 aliphatic heterocycles. The van der Waals surface area contributed by atoms with Gasteiger partial charge in [0.15, 0.2) is 0 Å². The summed E-state index contributed by atoms with van der Waals surface area (Å²) in [5.74, 6) is -0.865. The van der Waals surface area contributed by atoms with Gasteiger partial charge in [0.05, 0.1) is 4.88 Å². The van der Waals surface area contributed by atoms with Gasteiger partial charge in [0.1, 0.15) is 0 Å². The Balaban J connectivity index is 1.94. The third-order valence-electron chi connectivity index (χ3n) is 3.15. The quantitative estimate of drug-likeness (QED) is 0.803. The topological polar surface area (TPSA) is 66.4 Å². The number of carboxylic acids is 1. The van der Waals surface area contributed by atoms with E-state index in [9.17, 15) is 9.59 Å². The number of aliphatic carboxylic acids is 1. The van der Waals surface area contributed by atoms with Crippen molar-refractivity contribution in [3.63, 3.8) is 0 Å². The number of amides is 1. The van der Waals surface area contributed by atoms with E-state index >= 15 is 0 Å². The van der Waals surface area contributed by atoms with Crippen LogP contribution in [0.1, 0.15) is 34.5 Å². The highest BCUT2D eigenvalue weighted by atomic mass is 32.1. The predicted octanol–water partition coefficient (Wildman–Crippen LogP) is 3.19. The number of aryl methyl sites for hydroxylation is 1. The number of hydrogen-bond donors (Lipinski definition) is 2. The summed E-state index contributed by atoms with van der Waals surface area (Å²) < 4.78 is 1.11. The summed E-state index contributed by atoms with van der Waals surface area (Å²) in [6.07, 6.45) is 1.42. The number of thiophene rings is 1. The van der Waals surface area contributed by atoms with Gasteiger partial charge in [0.25, 0.3) is 5.91 Å². The Bertz CT molecular complexity index is 633. The standard InChI is InChI=1S/C15H17NO3S/c1-10-11-6-2-3-7-12(11)20-14(10)15(19)16-9-5-4-8-13(17)18/h2-3,6-7H,4-5,8-9H2,1H3,(H,16,19)(H,17,18). The molecular weight excluding hydrogens is 274 g/mol. The first-order chi connectivity index (χ1) is 9.59. The number of carboxylic acid groups (broad SMARTS) is 1. The van der Waals surface area contributed by atoms with Gasteiger partial charge >= 0.3 is 5.97 Å². The van der Waals surface area contributed by atoms with Crippen molar-refractivity contribution in [3.05, 3.63) is 34.7 Å². The van der Waals surface area contributed by atoms with Gasteiger partial charge in [-0.2, -0.15) is 0 Å². The summed E-state index contributed by atoms with van der Waals surface area (Å²) in [6.45, 7) is 2.47. The highest BCUT2D eigenvalue weighted by Crippen LogP contribution is 2.30. The summed E-state index contributed by atoms with van der Waals surface area (Å²) >= 11 is 1.49. The monoisotopic (exact) mass is 291 g/mol. The first-order valence-electron chi connectivity index (χ1n) is 6.57. The van der Waals surface area contributed by atoms with Crippen LogP contribution in [0.4, 0.5) is 0 Å². The third kappa shape index (κ3) is 3.36. The Hall–Kier alpha value is -1.88. The molecule has 2 aromatic rings. The van der Waals surface area contributed by atoms with E-state index in [1.807, 2.05) is 31.2 Å². The molecule has 5 heteroatoms. The third-order valence-corrected chi connectivity index (χ3v) is 4.42. The van der Waals surface area contributed by atoms with E-state index in [0.717, 1.165) is 20.5 Å². The molecule has 0 saturated carbocycles. The molecule has 4 nitrogen and oxygen atoms in total. The molecule has 20 heavy (non-hydrogen) atoms. The van der Waals surface area contributed by atoms with E-state index in [-0.39, 0.29) is 12.3 Å². The summed E-state index contributed by atoms with van der Waals surface area (Å²) in [4.78, 5) is 23.2. The van der Waals surface area contributed by atoms with Crippen LogP contribution in [0.25, 0.3) is 10.1 Å².